The highest BCUT2D eigenvalue weighted by atomic mass is 16.5. The lowest BCUT2D eigenvalue weighted by Gasteiger charge is -2.17. The SMILES string of the molecule is CCCCCOCC(O)C1CCCC1. The minimum absolute atomic E-state index is 0.209. The number of aliphatic hydroxyl groups excluding tert-OH is 1. The van der Waals surface area contributed by atoms with Crippen molar-refractivity contribution >= 4 is 0 Å². The second-order valence-corrected chi connectivity index (χ2v) is 4.39. The summed E-state index contributed by atoms with van der Waals surface area (Å²) in [6, 6.07) is 0. The van der Waals surface area contributed by atoms with Crippen LogP contribution in [0.5, 0.6) is 0 Å². The normalized spacial score (nSPS) is 20.1. The number of hydrogen-bond donors (Lipinski definition) is 1. The van der Waals surface area contributed by atoms with E-state index in [2.05, 4.69) is 6.92 Å². The van der Waals surface area contributed by atoms with E-state index in [4.69, 9.17) is 4.74 Å². The third-order valence-corrected chi connectivity index (χ3v) is 3.12. The van der Waals surface area contributed by atoms with Crippen molar-refractivity contribution in [3.05, 3.63) is 0 Å². The molecular formula is C12H24O2. The maximum Gasteiger partial charge on any atom is 0.0801 e. The van der Waals surface area contributed by atoms with E-state index in [1.54, 1.807) is 0 Å². The van der Waals surface area contributed by atoms with Crippen molar-refractivity contribution in [2.75, 3.05) is 13.2 Å². The molecule has 0 aromatic heterocycles. The van der Waals surface area contributed by atoms with Crippen LogP contribution >= 0.6 is 0 Å². The lowest BCUT2D eigenvalue weighted by Crippen LogP contribution is -2.23. The van der Waals surface area contributed by atoms with E-state index in [1.807, 2.05) is 0 Å². The summed E-state index contributed by atoms with van der Waals surface area (Å²) >= 11 is 0. The molecule has 0 aliphatic heterocycles. The Kier molecular flexibility index (Phi) is 6.20. The summed E-state index contributed by atoms with van der Waals surface area (Å²) < 4.78 is 5.46. The fourth-order valence-corrected chi connectivity index (χ4v) is 2.14. The molecule has 84 valence electrons. The molecule has 0 amide bonds. The quantitative estimate of drug-likeness (QED) is 0.640. The maximum atomic E-state index is 9.78. The molecule has 0 aromatic rings. The molecule has 1 saturated carbocycles. The van der Waals surface area contributed by atoms with Crippen LogP contribution in [-0.4, -0.2) is 24.4 Å². The highest BCUT2D eigenvalue weighted by Crippen LogP contribution is 2.27. The number of ether oxygens (including phenoxy) is 1. The lowest BCUT2D eigenvalue weighted by atomic mass is 10.0. The Bertz CT molecular complexity index is 130. The van der Waals surface area contributed by atoms with Crippen LogP contribution in [0.15, 0.2) is 0 Å². The van der Waals surface area contributed by atoms with Gasteiger partial charge in [0.1, 0.15) is 0 Å². The molecule has 0 saturated heterocycles. The van der Waals surface area contributed by atoms with E-state index in [0.717, 1.165) is 13.0 Å². The largest absolute Gasteiger partial charge is 0.390 e. The zero-order valence-corrected chi connectivity index (χ0v) is 9.37. The Balaban J connectivity index is 1.94. The zero-order valence-electron chi connectivity index (χ0n) is 9.37. The molecule has 1 fully saturated rings. The Labute approximate surface area is 87.7 Å². The highest BCUT2D eigenvalue weighted by Gasteiger charge is 2.22. The average molecular weight is 200 g/mol. The van der Waals surface area contributed by atoms with E-state index in [-0.39, 0.29) is 6.10 Å². The standard InChI is InChI=1S/C12H24O2/c1-2-3-6-9-14-10-12(13)11-7-4-5-8-11/h11-13H,2-10H2,1H3. The van der Waals surface area contributed by atoms with E-state index in [0.29, 0.717) is 12.5 Å². The highest BCUT2D eigenvalue weighted by molar-refractivity contribution is 4.74. The molecule has 0 aromatic carbocycles. The van der Waals surface area contributed by atoms with Gasteiger partial charge in [0.25, 0.3) is 0 Å². The van der Waals surface area contributed by atoms with Crippen molar-refractivity contribution in [1.29, 1.82) is 0 Å². The predicted octanol–water partition coefficient (Wildman–Crippen LogP) is 2.74. The Morgan fingerprint density at radius 3 is 2.64 bits per heavy atom. The third kappa shape index (κ3) is 4.43. The third-order valence-electron chi connectivity index (χ3n) is 3.12. The van der Waals surface area contributed by atoms with Crippen molar-refractivity contribution in [3.8, 4) is 0 Å². The van der Waals surface area contributed by atoms with E-state index in [9.17, 15) is 5.11 Å². The summed E-state index contributed by atoms with van der Waals surface area (Å²) in [7, 11) is 0. The van der Waals surface area contributed by atoms with Gasteiger partial charge in [-0.3, -0.25) is 0 Å². The van der Waals surface area contributed by atoms with Gasteiger partial charge in [-0.25, -0.2) is 0 Å². The van der Waals surface area contributed by atoms with E-state index >= 15 is 0 Å². The van der Waals surface area contributed by atoms with Crippen LogP contribution < -0.4 is 0 Å². The van der Waals surface area contributed by atoms with Gasteiger partial charge in [0.05, 0.1) is 12.7 Å². The van der Waals surface area contributed by atoms with Crippen molar-refractivity contribution in [2.24, 2.45) is 5.92 Å². The molecule has 1 rings (SSSR count). The summed E-state index contributed by atoms with van der Waals surface area (Å²) in [5, 5.41) is 9.78. The average Bonchev–Trinajstić information content (AvgIpc) is 2.70. The molecule has 2 heteroatoms. The van der Waals surface area contributed by atoms with Crippen LogP contribution in [0.4, 0.5) is 0 Å². The van der Waals surface area contributed by atoms with Crippen molar-refractivity contribution in [1.82, 2.24) is 0 Å². The maximum absolute atomic E-state index is 9.78. The van der Waals surface area contributed by atoms with E-state index < -0.39 is 0 Å². The van der Waals surface area contributed by atoms with Crippen LogP contribution in [0.2, 0.25) is 0 Å². The number of unbranched alkanes of at least 4 members (excludes halogenated alkanes) is 2. The van der Waals surface area contributed by atoms with Crippen LogP contribution in [-0.2, 0) is 4.74 Å². The van der Waals surface area contributed by atoms with Crippen molar-refractivity contribution in [2.45, 2.75) is 58.0 Å². The second-order valence-electron chi connectivity index (χ2n) is 4.39. The molecule has 14 heavy (non-hydrogen) atoms. The Hall–Kier alpha value is -0.0800. The first-order valence-electron chi connectivity index (χ1n) is 6.10. The fourth-order valence-electron chi connectivity index (χ4n) is 2.14. The molecule has 0 radical (unpaired) electrons. The zero-order chi connectivity index (χ0) is 10.2. The molecule has 1 aliphatic carbocycles. The summed E-state index contributed by atoms with van der Waals surface area (Å²) in [6.45, 7) is 3.55. The second kappa shape index (κ2) is 7.24. The Morgan fingerprint density at radius 2 is 2.00 bits per heavy atom. The fraction of sp³-hybridized carbons (Fsp3) is 1.00. The summed E-state index contributed by atoms with van der Waals surface area (Å²) in [5.74, 6) is 0.515. The first kappa shape index (κ1) is 12.0. The molecular weight excluding hydrogens is 176 g/mol. The van der Waals surface area contributed by atoms with Gasteiger partial charge in [0.15, 0.2) is 0 Å². The first-order chi connectivity index (χ1) is 6.84. The number of hydrogen-bond acceptors (Lipinski definition) is 2. The molecule has 1 unspecified atom stereocenters. The number of aliphatic hydroxyl groups is 1. The summed E-state index contributed by atoms with van der Waals surface area (Å²) in [5.41, 5.74) is 0. The topological polar surface area (TPSA) is 29.5 Å². The van der Waals surface area contributed by atoms with Gasteiger partial charge < -0.3 is 9.84 Å². The van der Waals surface area contributed by atoms with Gasteiger partial charge in [-0.1, -0.05) is 32.6 Å². The molecule has 1 atom stereocenters. The Morgan fingerprint density at radius 1 is 1.29 bits per heavy atom. The molecule has 1 aliphatic rings. The molecule has 2 nitrogen and oxygen atoms in total. The van der Waals surface area contributed by atoms with Gasteiger partial charge >= 0.3 is 0 Å². The van der Waals surface area contributed by atoms with Crippen LogP contribution in [0, 0.1) is 5.92 Å². The lowest BCUT2D eigenvalue weighted by molar-refractivity contribution is 0.00523. The van der Waals surface area contributed by atoms with Gasteiger partial charge in [-0.05, 0) is 25.2 Å². The first-order valence-corrected chi connectivity index (χ1v) is 6.10. The van der Waals surface area contributed by atoms with Gasteiger partial charge in [0, 0.05) is 6.61 Å². The minimum Gasteiger partial charge on any atom is -0.390 e. The number of rotatable bonds is 7. The summed E-state index contributed by atoms with van der Waals surface area (Å²) in [4.78, 5) is 0. The van der Waals surface area contributed by atoms with Crippen LogP contribution in [0.3, 0.4) is 0 Å². The van der Waals surface area contributed by atoms with Crippen LogP contribution in [0.1, 0.15) is 51.9 Å². The van der Waals surface area contributed by atoms with Gasteiger partial charge in [-0.15, -0.1) is 0 Å². The van der Waals surface area contributed by atoms with Crippen molar-refractivity contribution < 1.29 is 9.84 Å². The van der Waals surface area contributed by atoms with E-state index in [1.165, 1.54) is 38.5 Å². The monoisotopic (exact) mass is 200 g/mol. The molecule has 0 heterocycles. The predicted molar refractivity (Wildman–Crippen MR) is 58.3 cm³/mol. The van der Waals surface area contributed by atoms with Gasteiger partial charge in [-0.2, -0.15) is 0 Å². The summed E-state index contributed by atoms with van der Waals surface area (Å²) in [6.07, 6.45) is 8.36. The minimum atomic E-state index is -0.209. The smallest absolute Gasteiger partial charge is 0.0801 e. The molecule has 0 spiro atoms. The van der Waals surface area contributed by atoms with Crippen LogP contribution in [0.25, 0.3) is 0 Å². The van der Waals surface area contributed by atoms with Crippen molar-refractivity contribution in [3.63, 3.8) is 0 Å². The van der Waals surface area contributed by atoms with Gasteiger partial charge in [0.2, 0.25) is 0 Å². The molecule has 0 bridgehead atoms. The molecule has 1 N–H and O–H groups in total.